The number of hydrogen-bond acceptors (Lipinski definition) is 6. The van der Waals surface area contributed by atoms with Gasteiger partial charge in [0.2, 0.25) is 5.79 Å². The van der Waals surface area contributed by atoms with Crippen molar-refractivity contribution in [2.45, 2.75) is 32.0 Å². The largest absolute Gasteiger partial charge is 0.493 e. The number of benzene rings is 2. The topological polar surface area (TPSA) is 94.9 Å². The number of aliphatic imine (C=N–C) groups is 1. The van der Waals surface area contributed by atoms with Crippen LogP contribution in [0.3, 0.4) is 0 Å². The molecule has 0 fully saturated rings. The predicted octanol–water partition coefficient (Wildman–Crippen LogP) is 3.64. The summed E-state index contributed by atoms with van der Waals surface area (Å²) in [6.07, 6.45) is 2.42. The number of halogens is 1. The highest BCUT2D eigenvalue weighted by Crippen LogP contribution is 2.35. The van der Waals surface area contributed by atoms with Crippen molar-refractivity contribution in [1.29, 1.82) is 0 Å². The Bertz CT molecular complexity index is 954. The Morgan fingerprint density at radius 3 is 2.28 bits per heavy atom. The molecule has 1 aliphatic heterocycles. The lowest BCUT2D eigenvalue weighted by Gasteiger charge is -2.31. The number of ether oxygens (including phenoxy) is 2. The first-order valence-electron chi connectivity index (χ1n) is 9.39. The molecule has 1 unspecified atom stereocenters. The molecule has 0 amide bonds. The second-order valence-corrected chi connectivity index (χ2v) is 7.76. The van der Waals surface area contributed by atoms with Crippen LogP contribution in [0, 0.1) is 0 Å². The maximum Gasteiger partial charge on any atom is 0.211 e. The third-order valence-electron chi connectivity index (χ3n) is 5.02. The lowest BCUT2D eigenvalue weighted by molar-refractivity contribution is 0.354. The van der Waals surface area contributed by atoms with Crippen molar-refractivity contribution in [3.63, 3.8) is 0 Å². The molecular formula is C22H27ClN4O2. The van der Waals surface area contributed by atoms with E-state index < -0.39 is 5.79 Å². The highest BCUT2D eigenvalue weighted by Gasteiger charge is 2.30. The van der Waals surface area contributed by atoms with Crippen LogP contribution in [0.2, 0.25) is 5.02 Å². The van der Waals surface area contributed by atoms with Crippen molar-refractivity contribution in [1.82, 2.24) is 5.32 Å². The fourth-order valence-electron chi connectivity index (χ4n) is 3.39. The van der Waals surface area contributed by atoms with Gasteiger partial charge in [0, 0.05) is 28.8 Å². The Labute approximate surface area is 176 Å². The summed E-state index contributed by atoms with van der Waals surface area (Å²) in [5.74, 6) is 0.965. The molecule has 1 atom stereocenters. The van der Waals surface area contributed by atoms with E-state index in [2.05, 4.69) is 24.2 Å². The summed E-state index contributed by atoms with van der Waals surface area (Å²) in [6, 6.07) is 11.2. The molecule has 7 heteroatoms. The van der Waals surface area contributed by atoms with Crippen LogP contribution in [-0.2, 0) is 12.2 Å². The third kappa shape index (κ3) is 4.33. The quantitative estimate of drug-likeness (QED) is 0.670. The summed E-state index contributed by atoms with van der Waals surface area (Å²) in [5, 5.41) is 3.82. The molecule has 0 bridgehead atoms. The number of methoxy groups -OCH3 is 2. The van der Waals surface area contributed by atoms with Gasteiger partial charge in [-0.25, -0.2) is 4.99 Å². The summed E-state index contributed by atoms with van der Waals surface area (Å²) in [6.45, 7) is 4.28. The minimum absolute atomic E-state index is 0.308. The molecule has 5 N–H and O–H groups in total. The second kappa shape index (κ2) is 8.35. The normalized spacial score (nSPS) is 18.7. The van der Waals surface area contributed by atoms with E-state index in [4.69, 9.17) is 32.5 Å². The molecule has 0 aromatic heterocycles. The monoisotopic (exact) mass is 414 g/mol. The third-order valence-corrected chi connectivity index (χ3v) is 5.28. The Kier molecular flexibility index (Phi) is 6.05. The first-order chi connectivity index (χ1) is 13.8. The Balaban J connectivity index is 1.91. The smallest absolute Gasteiger partial charge is 0.211 e. The van der Waals surface area contributed by atoms with Gasteiger partial charge >= 0.3 is 0 Å². The van der Waals surface area contributed by atoms with Crippen molar-refractivity contribution in [2.75, 3.05) is 14.2 Å². The number of rotatable bonds is 6. The Morgan fingerprint density at radius 2 is 1.72 bits per heavy atom. The fraction of sp³-hybridized carbons (Fsp3) is 0.318. The highest BCUT2D eigenvalue weighted by atomic mass is 35.5. The zero-order valence-electron chi connectivity index (χ0n) is 17.1. The van der Waals surface area contributed by atoms with Gasteiger partial charge in [0.05, 0.1) is 14.2 Å². The standard InChI is InChI=1S/C22H27ClN4O2/c1-13(2)18-11-20(29-4)19(28-3)10-14(18)9-15-12-26-22(25,27-21(15)24)16-5-7-17(23)8-6-16/h5-8,10-13,26H,9,25H2,1-4H3,(H2,24,27). The summed E-state index contributed by atoms with van der Waals surface area (Å²) >= 11 is 5.97. The van der Waals surface area contributed by atoms with Gasteiger partial charge in [-0.15, -0.1) is 0 Å². The Hall–Kier alpha value is -2.70. The van der Waals surface area contributed by atoms with E-state index in [-0.39, 0.29) is 0 Å². The fourth-order valence-corrected chi connectivity index (χ4v) is 3.52. The van der Waals surface area contributed by atoms with E-state index in [1.165, 1.54) is 5.56 Å². The number of nitrogens with two attached hydrogens (primary N) is 2. The molecule has 0 aliphatic carbocycles. The van der Waals surface area contributed by atoms with Crippen LogP contribution in [0.4, 0.5) is 0 Å². The first kappa shape index (κ1) is 21.0. The lowest BCUT2D eigenvalue weighted by atomic mass is 9.91. The maximum absolute atomic E-state index is 6.44. The first-order valence-corrected chi connectivity index (χ1v) is 9.77. The van der Waals surface area contributed by atoms with Gasteiger partial charge in [0.25, 0.3) is 0 Å². The van der Waals surface area contributed by atoms with E-state index in [0.29, 0.717) is 34.7 Å². The number of nitrogens with one attached hydrogen (secondary N) is 1. The predicted molar refractivity (Wildman–Crippen MR) is 117 cm³/mol. The zero-order valence-corrected chi connectivity index (χ0v) is 17.9. The van der Waals surface area contributed by atoms with Gasteiger partial charge in [-0.1, -0.05) is 37.6 Å². The van der Waals surface area contributed by atoms with E-state index in [1.54, 1.807) is 26.4 Å². The lowest BCUT2D eigenvalue weighted by Crippen LogP contribution is -2.50. The van der Waals surface area contributed by atoms with Gasteiger partial charge in [-0.3, -0.25) is 5.73 Å². The summed E-state index contributed by atoms with van der Waals surface area (Å²) in [5.41, 5.74) is 16.6. The molecular weight excluding hydrogens is 388 g/mol. The maximum atomic E-state index is 6.44. The molecule has 1 aliphatic rings. The van der Waals surface area contributed by atoms with Crippen LogP contribution in [0.5, 0.6) is 11.5 Å². The molecule has 0 saturated heterocycles. The molecule has 1 heterocycles. The molecule has 2 aromatic carbocycles. The molecule has 0 spiro atoms. The van der Waals surface area contributed by atoms with Crippen LogP contribution < -0.4 is 26.3 Å². The molecule has 2 aromatic rings. The molecule has 154 valence electrons. The van der Waals surface area contributed by atoms with Crippen molar-refractivity contribution >= 4 is 17.4 Å². The summed E-state index contributed by atoms with van der Waals surface area (Å²) in [7, 11) is 3.26. The molecule has 0 saturated carbocycles. The number of amidine groups is 1. The van der Waals surface area contributed by atoms with Crippen LogP contribution in [-0.4, -0.2) is 20.1 Å². The highest BCUT2D eigenvalue weighted by molar-refractivity contribution is 6.30. The minimum atomic E-state index is -1.13. The zero-order chi connectivity index (χ0) is 21.2. The van der Waals surface area contributed by atoms with E-state index >= 15 is 0 Å². The number of nitrogens with zero attached hydrogens (tertiary/aromatic N) is 1. The van der Waals surface area contributed by atoms with Crippen LogP contribution in [0.15, 0.2) is 53.2 Å². The van der Waals surface area contributed by atoms with E-state index in [1.807, 2.05) is 30.5 Å². The van der Waals surface area contributed by atoms with Gasteiger partial charge in [0.1, 0.15) is 5.84 Å². The van der Waals surface area contributed by atoms with Gasteiger partial charge in [0.15, 0.2) is 11.5 Å². The number of hydrogen-bond donors (Lipinski definition) is 3. The molecule has 6 nitrogen and oxygen atoms in total. The average Bonchev–Trinajstić information content (AvgIpc) is 2.70. The summed E-state index contributed by atoms with van der Waals surface area (Å²) in [4.78, 5) is 4.54. The van der Waals surface area contributed by atoms with Gasteiger partial charge in [-0.2, -0.15) is 0 Å². The van der Waals surface area contributed by atoms with Crippen molar-refractivity contribution in [3.05, 3.63) is 69.9 Å². The van der Waals surface area contributed by atoms with Gasteiger partial charge < -0.3 is 20.5 Å². The Morgan fingerprint density at radius 1 is 1.10 bits per heavy atom. The molecule has 29 heavy (non-hydrogen) atoms. The van der Waals surface area contributed by atoms with Crippen molar-refractivity contribution < 1.29 is 9.47 Å². The average molecular weight is 415 g/mol. The van der Waals surface area contributed by atoms with Crippen molar-refractivity contribution in [3.8, 4) is 11.5 Å². The van der Waals surface area contributed by atoms with Crippen LogP contribution in [0.25, 0.3) is 0 Å². The molecule has 3 rings (SSSR count). The van der Waals surface area contributed by atoms with Gasteiger partial charge in [-0.05, 0) is 41.3 Å². The van der Waals surface area contributed by atoms with Crippen LogP contribution >= 0.6 is 11.6 Å². The minimum Gasteiger partial charge on any atom is -0.493 e. The summed E-state index contributed by atoms with van der Waals surface area (Å²) < 4.78 is 10.9. The second-order valence-electron chi connectivity index (χ2n) is 7.32. The van der Waals surface area contributed by atoms with Crippen LogP contribution in [0.1, 0.15) is 36.5 Å². The van der Waals surface area contributed by atoms with Crippen molar-refractivity contribution in [2.24, 2.45) is 16.5 Å². The van der Waals surface area contributed by atoms with E-state index in [0.717, 1.165) is 16.7 Å². The molecule has 0 radical (unpaired) electrons. The SMILES string of the molecule is COc1cc(CC2=CNC(N)(c3ccc(Cl)cc3)N=C2N)c(C(C)C)cc1OC. The van der Waals surface area contributed by atoms with E-state index in [9.17, 15) is 0 Å².